The Hall–Kier alpha value is -3.06. The molecule has 1 aromatic heterocycles. The zero-order valence-corrected chi connectivity index (χ0v) is 19.2. The Morgan fingerprint density at radius 3 is 2.78 bits per heavy atom. The summed E-state index contributed by atoms with van der Waals surface area (Å²) in [5.41, 5.74) is 5.67. The van der Waals surface area contributed by atoms with Crippen LogP contribution in [0.2, 0.25) is 0 Å². The highest BCUT2D eigenvalue weighted by atomic mass is 16.5. The number of benzene rings is 2. The standard InChI is InChI=1S/C25H32N4O3/c1-4-19(3)26-22-17-20(10-9-18(22)2)31-16-6-11-28-12-14-29(15-13-28)23-8-5-7-21-24(23)32-25(30)27-21/h5,7-10,17H,4,6,11-16H2,1-3H3,(H,27,30). The fraction of sp³-hybridized carbons (Fsp3) is 0.440. The maximum absolute atomic E-state index is 11.6. The maximum Gasteiger partial charge on any atom is 0.417 e. The number of nitrogens with zero attached hydrogens (tertiary/aromatic N) is 3. The third-order valence-corrected chi connectivity index (χ3v) is 6.03. The molecule has 0 spiro atoms. The number of nitrogens with one attached hydrogen (secondary N) is 1. The summed E-state index contributed by atoms with van der Waals surface area (Å²) in [6, 6.07) is 12.0. The summed E-state index contributed by atoms with van der Waals surface area (Å²) in [5, 5.41) is 0. The molecule has 0 unspecified atom stereocenters. The van der Waals surface area contributed by atoms with Crippen LogP contribution in [-0.2, 0) is 0 Å². The molecule has 4 rings (SSSR count). The Balaban J connectivity index is 1.24. The predicted octanol–water partition coefficient (Wildman–Crippen LogP) is 4.52. The first-order valence-corrected chi connectivity index (χ1v) is 11.4. The van der Waals surface area contributed by atoms with E-state index in [-0.39, 0.29) is 0 Å². The van der Waals surface area contributed by atoms with Crippen molar-refractivity contribution in [3.05, 3.63) is 52.5 Å². The molecular formula is C25H32N4O3. The summed E-state index contributed by atoms with van der Waals surface area (Å²) < 4.78 is 11.3. The van der Waals surface area contributed by atoms with E-state index in [9.17, 15) is 4.79 Å². The van der Waals surface area contributed by atoms with Crippen molar-refractivity contribution in [1.29, 1.82) is 0 Å². The van der Waals surface area contributed by atoms with Gasteiger partial charge in [0, 0.05) is 44.5 Å². The van der Waals surface area contributed by atoms with Crippen LogP contribution in [0, 0.1) is 6.92 Å². The number of anilines is 1. The Morgan fingerprint density at radius 1 is 1.19 bits per heavy atom. The number of ether oxygens (including phenoxy) is 1. The molecule has 0 amide bonds. The van der Waals surface area contributed by atoms with Gasteiger partial charge < -0.3 is 14.1 Å². The highest BCUT2D eigenvalue weighted by Gasteiger charge is 2.20. The fourth-order valence-electron chi connectivity index (χ4n) is 3.98. The van der Waals surface area contributed by atoms with E-state index in [2.05, 4.69) is 46.6 Å². The number of H-pyrrole nitrogens is 1. The van der Waals surface area contributed by atoms with Gasteiger partial charge in [-0.1, -0.05) is 19.1 Å². The minimum Gasteiger partial charge on any atom is -0.493 e. The zero-order valence-electron chi connectivity index (χ0n) is 19.2. The molecule has 0 radical (unpaired) electrons. The molecule has 0 atom stereocenters. The van der Waals surface area contributed by atoms with Gasteiger partial charge in [0.25, 0.3) is 0 Å². The van der Waals surface area contributed by atoms with Crippen molar-refractivity contribution >= 4 is 28.2 Å². The number of aliphatic imine (C=N–C) groups is 1. The third-order valence-electron chi connectivity index (χ3n) is 6.03. The average molecular weight is 437 g/mol. The normalized spacial score (nSPS) is 15.5. The zero-order chi connectivity index (χ0) is 22.5. The van der Waals surface area contributed by atoms with E-state index in [4.69, 9.17) is 9.15 Å². The number of oxazole rings is 1. The summed E-state index contributed by atoms with van der Waals surface area (Å²) in [6.45, 7) is 11.7. The van der Waals surface area contributed by atoms with Gasteiger partial charge >= 0.3 is 5.76 Å². The second-order valence-electron chi connectivity index (χ2n) is 8.35. The topological polar surface area (TPSA) is 74.1 Å². The molecule has 2 aromatic carbocycles. The molecule has 1 aliphatic heterocycles. The molecule has 1 aliphatic rings. The van der Waals surface area contributed by atoms with Gasteiger partial charge in [-0.15, -0.1) is 0 Å². The quantitative estimate of drug-likeness (QED) is 0.415. The lowest BCUT2D eigenvalue weighted by molar-refractivity contribution is 0.225. The second-order valence-corrected chi connectivity index (χ2v) is 8.35. The number of hydrogen-bond acceptors (Lipinski definition) is 6. The summed E-state index contributed by atoms with van der Waals surface area (Å²) in [6.07, 6.45) is 1.93. The average Bonchev–Trinajstić information content (AvgIpc) is 3.19. The van der Waals surface area contributed by atoms with Gasteiger partial charge in [0.15, 0.2) is 5.58 Å². The Morgan fingerprint density at radius 2 is 2.00 bits per heavy atom. The summed E-state index contributed by atoms with van der Waals surface area (Å²) >= 11 is 0. The van der Waals surface area contributed by atoms with Gasteiger partial charge in [-0.05, 0) is 50.5 Å². The van der Waals surface area contributed by atoms with E-state index >= 15 is 0 Å². The Labute approximate surface area is 188 Å². The van der Waals surface area contributed by atoms with E-state index in [0.717, 1.165) is 79.5 Å². The van der Waals surface area contributed by atoms with Gasteiger partial charge in [0.05, 0.1) is 23.5 Å². The molecule has 7 nitrogen and oxygen atoms in total. The van der Waals surface area contributed by atoms with Crippen LogP contribution in [0.15, 0.2) is 50.6 Å². The van der Waals surface area contributed by atoms with Crippen molar-refractivity contribution in [2.45, 2.75) is 33.6 Å². The third kappa shape index (κ3) is 5.22. The summed E-state index contributed by atoms with van der Waals surface area (Å²) in [7, 11) is 0. The molecule has 1 N–H and O–H groups in total. The molecule has 0 saturated carbocycles. The van der Waals surface area contributed by atoms with Crippen molar-refractivity contribution in [3.8, 4) is 5.75 Å². The predicted molar refractivity (Wildman–Crippen MR) is 130 cm³/mol. The van der Waals surface area contributed by atoms with E-state index in [1.165, 1.54) is 0 Å². The van der Waals surface area contributed by atoms with Crippen LogP contribution < -0.4 is 15.4 Å². The van der Waals surface area contributed by atoms with E-state index in [1.54, 1.807) is 0 Å². The van der Waals surface area contributed by atoms with E-state index < -0.39 is 5.76 Å². The molecule has 0 aliphatic carbocycles. The van der Waals surface area contributed by atoms with Crippen molar-refractivity contribution in [2.75, 3.05) is 44.2 Å². The number of rotatable bonds is 8. The lowest BCUT2D eigenvalue weighted by Gasteiger charge is -2.35. The van der Waals surface area contributed by atoms with Crippen LogP contribution in [0.25, 0.3) is 11.1 Å². The molecule has 1 saturated heterocycles. The van der Waals surface area contributed by atoms with Crippen LogP contribution in [0.4, 0.5) is 11.4 Å². The Kier molecular flexibility index (Phi) is 6.95. The van der Waals surface area contributed by atoms with Gasteiger partial charge in [-0.25, -0.2) is 4.79 Å². The molecule has 170 valence electrons. The van der Waals surface area contributed by atoms with Gasteiger partial charge in [-0.3, -0.25) is 14.9 Å². The van der Waals surface area contributed by atoms with Gasteiger partial charge in [-0.2, -0.15) is 0 Å². The lowest BCUT2D eigenvalue weighted by atomic mass is 10.2. The van der Waals surface area contributed by atoms with Crippen LogP contribution >= 0.6 is 0 Å². The lowest BCUT2D eigenvalue weighted by Crippen LogP contribution is -2.46. The SMILES string of the molecule is CCC(C)=Nc1cc(OCCCN2CCN(c3cccc4[nH]c(=O)oc34)CC2)ccc1C. The molecule has 32 heavy (non-hydrogen) atoms. The van der Waals surface area contributed by atoms with Gasteiger partial charge in [0.2, 0.25) is 0 Å². The molecule has 0 bridgehead atoms. The smallest absolute Gasteiger partial charge is 0.417 e. The van der Waals surface area contributed by atoms with Crippen LogP contribution in [-0.4, -0.2) is 54.9 Å². The number of piperazine rings is 1. The first kappa shape index (κ1) is 22.1. The van der Waals surface area contributed by atoms with E-state index in [0.29, 0.717) is 12.2 Å². The second kappa shape index (κ2) is 10.0. The number of aromatic amines is 1. The molecule has 7 heteroatoms. The number of hydrogen-bond donors (Lipinski definition) is 1. The highest BCUT2D eigenvalue weighted by molar-refractivity contribution is 5.86. The minimum absolute atomic E-state index is 0.404. The number of para-hydroxylation sites is 1. The number of aryl methyl sites for hydroxylation is 1. The molecular weight excluding hydrogens is 404 g/mol. The van der Waals surface area contributed by atoms with Crippen molar-refractivity contribution in [3.63, 3.8) is 0 Å². The maximum atomic E-state index is 11.6. The van der Waals surface area contributed by atoms with Crippen LogP contribution in [0.5, 0.6) is 5.75 Å². The minimum atomic E-state index is -0.404. The highest BCUT2D eigenvalue weighted by Crippen LogP contribution is 2.27. The van der Waals surface area contributed by atoms with Crippen molar-refractivity contribution < 1.29 is 9.15 Å². The molecule has 1 fully saturated rings. The summed E-state index contributed by atoms with van der Waals surface area (Å²) in [5.74, 6) is 0.475. The van der Waals surface area contributed by atoms with Crippen LogP contribution in [0.1, 0.15) is 32.3 Å². The fourth-order valence-corrected chi connectivity index (χ4v) is 3.98. The first-order chi connectivity index (χ1) is 15.5. The monoisotopic (exact) mass is 436 g/mol. The largest absolute Gasteiger partial charge is 0.493 e. The van der Waals surface area contributed by atoms with Gasteiger partial charge in [0.1, 0.15) is 5.75 Å². The van der Waals surface area contributed by atoms with Crippen molar-refractivity contribution in [1.82, 2.24) is 9.88 Å². The molecule has 3 aromatic rings. The first-order valence-electron chi connectivity index (χ1n) is 11.4. The van der Waals surface area contributed by atoms with Crippen molar-refractivity contribution in [2.24, 2.45) is 4.99 Å². The summed E-state index contributed by atoms with van der Waals surface area (Å²) in [4.78, 5) is 23.7. The van der Waals surface area contributed by atoms with E-state index in [1.807, 2.05) is 30.3 Å². The number of fused-ring (bicyclic) bond motifs is 1. The number of aromatic nitrogens is 1. The van der Waals surface area contributed by atoms with Crippen LogP contribution in [0.3, 0.4) is 0 Å². The molecule has 2 heterocycles. The Bertz CT molecular complexity index is 1140.